The molecule has 0 saturated carbocycles. The maximum Gasteiger partial charge on any atom is 0.0534 e. The van der Waals surface area contributed by atoms with Gasteiger partial charge in [0.05, 0.1) is 5.52 Å². The number of allylic oxidation sites excluding steroid dienone is 3. The van der Waals surface area contributed by atoms with Gasteiger partial charge in [-0.1, -0.05) is 68.8 Å². The van der Waals surface area contributed by atoms with Gasteiger partial charge in [-0.25, -0.2) is 0 Å². The summed E-state index contributed by atoms with van der Waals surface area (Å²) < 4.78 is 2.31. The molecular formula is C23H27N. The van der Waals surface area contributed by atoms with Gasteiger partial charge in [-0.05, 0) is 49.8 Å². The fourth-order valence-electron chi connectivity index (χ4n) is 2.71. The lowest BCUT2D eigenvalue weighted by atomic mass is 10.2. The zero-order chi connectivity index (χ0) is 17.4. The molecule has 0 amide bonds. The number of hydrogen-bond donors (Lipinski definition) is 0. The summed E-state index contributed by atoms with van der Waals surface area (Å²) in [7, 11) is 0. The predicted octanol–water partition coefficient (Wildman–Crippen LogP) is 6.94. The lowest BCUT2D eigenvalue weighted by molar-refractivity contribution is 1.11. The third-order valence-electron chi connectivity index (χ3n) is 3.75. The predicted molar refractivity (Wildman–Crippen MR) is 108 cm³/mol. The molecule has 0 fully saturated rings. The molecule has 1 heteroatoms. The molecule has 1 heterocycles. The normalized spacial score (nSPS) is 11.2. The number of nitrogens with zero attached hydrogens (tertiary/aromatic N) is 1. The minimum atomic E-state index is 1.06. The van der Waals surface area contributed by atoms with Crippen molar-refractivity contribution in [2.45, 2.75) is 34.1 Å². The third-order valence-corrected chi connectivity index (χ3v) is 3.75. The Bertz CT molecular complexity index is 820. The second kappa shape index (κ2) is 8.93. The molecule has 2 aromatic carbocycles. The van der Waals surface area contributed by atoms with Gasteiger partial charge in [0.25, 0.3) is 0 Å². The number of benzene rings is 2. The molecule has 0 bridgehead atoms. The van der Waals surface area contributed by atoms with Crippen LogP contribution in [0.15, 0.2) is 72.8 Å². The first kappa shape index (κ1) is 17.8. The molecule has 0 aliphatic heterocycles. The summed E-state index contributed by atoms with van der Waals surface area (Å²) in [6, 6.07) is 19.4. The Morgan fingerprint density at radius 1 is 0.917 bits per heavy atom. The smallest absolute Gasteiger partial charge is 0.0534 e. The van der Waals surface area contributed by atoms with Crippen molar-refractivity contribution in [3.05, 3.63) is 84.1 Å². The highest BCUT2D eigenvalue weighted by Crippen LogP contribution is 2.26. The molecule has 24 heavy (non-hydrogen) atoms. The molecule has 0 N–H and O–H groups in total. The molecule has 0 aliphatic carbocycles. The maximum atomic E-state index is 2.31. The quantitative estimate of drug-likeness (QED) is 0.459. The van der Waals surface area contributed by atoms with Crippen LogP contribution in [0.3, 0.4) is 0 Å². The largest absolute Gasteiger partial charge is 0.310 e. The van der Waals surface area contributed by atoms with Gasteiger partial charge < -0.3 is 4.57 Å². The average molecular weight is 317 g/mol. The minimum absolute atomic E-state index is 1.06. The highest BCUT2D eigenvalue weighted by molar-refractivity contribution is 5.86. The van der Waals surface area contributed by atoms with Crippen LogP contribution in [0.1, 0.15) is 38.4 Å². The van der Waals surface area contributed by atoms with Crippen molar-refractivity contribution in [2.75, 3.05) is 0 Å². The molecule has 0 saturated heterocycles. The second-order valence-corrected chi connectivity index (χ2v) is 5.50. The van der Waals surface area contributed by atoms with Crippen molar-refractivity contribution in [1.82, 2.24) is 4.57 Å². The first-order valence-corrected chi connectivity index (χ1v) is 8.80. The van der Waals surface area contributed by atoms with Crippen molar-refractivity contribution in [3.8, 4) is 5.69 Å². The van der Waals surface area contributed by atoms with E-state index < -0.39 is 0 Å². The van der Waals surface area contributed by atoms with E-state index in [0.29, 0.717) is 0 Å². The molecule has 0 unspecified atom stereocenters. The summed E-state index contributed by atoms with van der Waals surface area (Å²) in [5, 5.41) is 1.28. The van der Waals surface area contributed by atoms with Crippen LogP contribution in [0.5, 0.6) is 0 Å². The number of aryl methyl sites for hydroxylation is 1. The van der Waals surface area contributed by atoms with Crippen molar-refractivity contribution in [2.24, 2.45) is 0 Å². The average Bonchev–Trinajstić information content (AvgIpc) is 2.98. The Labute approximate surface area is 146 Å². The second-order valence-electron chi connectivity index (χ2n) is 5.50. The van der Waals surface area contributed by atoms with E-state index in [1.54, 1.807) is 0 Å². The number of fused-ring (bicyclic) bond motifs is 1. The fraction of sp³-hybridized carbons (Fsp3) is 0.217. The molecule has 0 aliphatic rings. The zero-order valence-electron chi connectivity index (χ0n) is 15.2. The topological polar surface area (TPSA) is 4.93 Å². The van der Waals surface area contributed by atoms with Crippen molar-refractivity contribution in [1.29, 1.82) is 0 Å². The van der Waals surface area contributed by atoms with Gasteiger partial charge in [0.15, 0.2) is 0 Å². The first-order chi connectivity index (χ1) is 11.8. The molecule has 3 aromatic rings. The molecule has 3 rings (SSSR count). The molecule has 0 spiro atoms. The Balaban J connectivity index is 0.00000100. The Hall–Kier alpha value is -2.54. The Morgan fingerprint density at radius 2 is 1.67 bits per heavy atom. The van der Waals surface area contributed by atoms with E-state index in [4.69, 9.17) is 0 Å². The van der Waals surface area contributed by atoms with Crippen molar-refractivity contribution in [3.63, 3.8) is 0 Å². The Morgan fingerprint density at radius 3 is 2.38 bits per heavy atom. The van der Waals surface area contributed by atoms with Crippen LogP contribution in [0.2, 0.25) is 0 Å². The standard InChI is InChI=1S/C21H21N.C2H6/c1-3-4-5-7-12-20-16-18-15-17(2)13-14-21(18)22(20)19-10-8-6-9-11-19;1-2/h4-16H,3H2,1-2H3;1-2H3/b5-4-,12-7-;. The van der Waals surface area contributed by atoms with E-state index >= 15 is 0 Å². The Kier molecular flexibility index (Phi) is 6.62. The summed E-state index contributed by atoms with van der Waals surface area (Å²) in [4.78, 5) is 0. The molecule has 1 aromatic heterocycles. The maximum absolute atomic E-state index is 2.31. The van der Waals surface area contributed by atoms with E-state index in [-0.39, 0.29) is 0 Å². The van der Waals surface area contributed by atoms with Crippen molar-refractivity contribution < 1.29 is 0 Å². The van der Waals surface area contributed by atoms with E-state index in [2.05, 4.69) is 97.3 Å². The summed E-state index contributed by atoms with van der Waals surface area (Å²) in [5.41, 5.74) is 4.93. The van der Waals surface area contributed by atoms with E-state index in [1.807, 2.05) is 13.8 Å². The summed E-state index contributed by atoms with van der Waals surface area (Å²) >= 11 is 0. The van der Waals surface area contributed by atoms with Crippen LogP contribution in [0.4, 0.5) is 0 Å². The number of aromatic nitrogens is 1. The van der Waals surface area contributed by atoms with Crippen LogP contribution in [-0.2, 0) is 0 Å². The molecule has 0 atom stereocenters. The van der Waals surface area contributed by atoms with E-state index in [1.165, 1.54) is 27.8 Å². The minimum Gasteiger partial charge on any atom is -0.310 e. The third kappa shape index (κ3) is 4.05. The highest BCUT2D eigenvalue weighted by Gasteiger charge is 2.08. The lowest BCUT2D eigenvalue weighted by Gasteiger charge is -2.08. The molecular weight excluding hydrogens is 290 g/mol. The van der Waals surface area contributed by atoms with Crippen molar-refractivity contribution >= 4 is 17.0 Å². The van der Waals surface area contributed by atoms with Gasteiger partial charge in [-0.15, -0.1) is 0 Å². The lowest BCUT2D eigenvalue weighted by Crippen LogP contribution is -1.95. The van der Waals surface area contributed by atoms with E-state index in [0.717, 1.165) is 6.42 Å². The highest BCUT2D eigenvalue weighted by atomic mass is 15.0. The summed E-state index contributed by atoms with van der Waals surface area (Å²) in [5.74, 6) is 0. The molecule has 1 nitrogen and oxygen atoms in total. The molecule has 124 valence electrons. The first-order valence-electron chi connectivity index (χ1n) is 8.80. The van der Waals surface area contributed by atoms with Crippen LogP contribution in [0.25, 0.3) is 22.7 Å². The fourth-order valence-corrected chi connectivity index (χ4v) is 2.71. The molecule has 0 radical (unpaired) electrons. The van der Waals surface area contributed by atoms with Gasteiger partial charge in [-0.3, -0.25) is 0 Å². The van der Waals surface area contributed by atoms with Gasteiger partial charge in [0.1, 0.15) is 0 Å². The number of para-hydroxylation sites is 1. The van der Waals surface area contributed by atoms with Gasteiger partial charge in [0, 0.05) is 16.8 Å². The SMILES string of the molecule is CC.CC/C=C\C=C/c1cc2cc(C)ccc2n1-c1ccccc1. The summed E-state index contributed by atoms with van der Waals surface area (Å²) in [6.45, 7) is 8.28. The number of hydrogen-bond acceptors (Lipinski definition) is 0. The van der Waals surface area contributed by atoms with Crippen LogP contribution < -0.4 is 0 Å². The zero-order valence-corrected chi connectivity index (χ0v) is 15.2. The van der Waals surface area contributed by atoms with Crippen LogP contribution >= 0.6 is 0 Å². The van der Waals surface area contributed by atoms with Gasteiger partial charge in [-0.2, -0.15) is 0 Å². The summed E-state index contributed by atoms with van der Waals surface area (Å²) in [6.07, 6.45) is 9.62. The number of rotatable bonds is 4. The van der Waals surface area contributed by atoms with E-state index in [9.17, 15) is 0 Å². The van der Waals surface area contributed by atoms with Gasteiger partial charge >= 0.3 is 0 Å². The van der Waals surface area contributed by atoms with Crippen LogP contribution in [0, 0.1) is 6.92 Å². The van der Waals surface area contributed by atoms with Gasteiger partial charge in [0.2, 0.25) is 0 Å². The van der Waals surface area contributed by atoms with Crippen LogP contribution in [-0.4, -0.2) is 4.57 Å². The monoisotopic (exact) mass is 317 g/mol.